The molecule has 1 nitrogen and oxygen atoms in total. The summed E-state index contributed by atoms with van der Waals surface area (Å²) in [4.78, 5) is 4.01. The van der Waals surface area contributed by atoms with Crippen molar-refractivity contribution in [2.75, 3.05) is 18.4 Å². The second kappa shape index (κ2) is 7.46. The van der Waals surface area contributed by atoms with Crippen molar-refractivity contribution < 1.29 is 0 Å². The van der Waals surface area contributed by atoms with Crippen molar-refractivity contribution in [2.24, 2.45) is 11.8 Å². The Bertz CT molecular complexity index is 271. The van der Waals surface area contributed by atoms with Crippen LogP contribution in [0.25, 0.3) is 0 Å². The highest BCUT2D eigenvalue weighted by molar-refractivity contribution is 9.09. The fourth-order valence-electron chi connectivity index (χ4n) is 1.70. The molecular weight excluding hydrogens is 282 g/mol. The van der Waals surface area contributed by atoms with Crippen LogP contribution in [0.2, 0.25) is 0 Å². The quantitative estimate of drug-likeness (QED) is 0.681. The van der Waals surface area contributed by atoms with Crippen molar-refractivity contribution in [2.45, 2.75) is 27.3 Å². The molecule has 0 N–H and O–H groups in total. The fraction of sp³-hybridized carbons (Fsp3) is 0.692. The van der Waals surface area contributed by atoms with Gasteiger partial charge < -0.3 is 0 Å². The molecule has 0 aliphatic heterocycles. The van der Waals surface area contributed by atoms with Crippen LogP contribution in [0.1, 0.15) is 25.6 Å². The van der Waals surface area contributed by atoms with Gasteiger partial charge in [-0.25, -0.2) is 0 Å². The van der Waals surface area contributed by atoms with Crippen LogP contribution in [0.4, 0.5) is 0 Å². The molecule has 1 heterocycles. The molecule has 0 fully saturated rings. The molecule has 1 aromatic heterocycles. The predicted molar refractivity (Wildman–Crippen MR) is 77.4 cm³/mol. The molecule has 1 unspecified atom stereocenters. The van der Waals surface area contributed by atoms with E-state index in [1.54, 1.807) is 0 Å². The zero-order valence-electron chi connectivity index (χ0n) is 10.4. The van der Waals surface area contributed by atoms with E-state index >= 15 is 0 Å². The van der Waals surface area contributed by atoms with Gasteiger partial charge in [-0.2, -0.15) is 0 Å². The minimum atomic E-state index is 0.747. The van der Waals surface area contributed by atoms with Crippen LogP contribution in [-0.4, -0.2) is 23.3 Å². The van der Waals surface area contributed by atoms with E-state index in [-0.39, 0.29) is 0 Å². The van der Waals surface area contributed by atoms with Crippen molar-refractivity contribution in [1.82, 2.24) is 4.90 Å². The van der Waals surface area contributed by atoms with Gasteiger partial charge in [-0.3, -0.25) is 4.90 Å². The third-order valence-corrected chi connectivity index (χ3v) is 4.73. The number of thiophene rings is 1. The molecule has 0 aromatic carbocycles. The summed E-state index contributed by atoms with van der Waals surface area (Å²) in [6.45, 7) is 10.3. The Morgan fingerprint density at radius 2 is 2.19 bits per heavy atom. The Labute approximate surface area is 112 Å². The highest BCUT2D eigenvalue weighted by Crippen LogP contribution is 2.18. The van der Waals surface area contributed by atoms with Crippen LogP contribution in [0.15, 0.2) is 17.5 Å². The topological polar surface area (TPSA) is 3.24 Å². The molecule has 0 aliphatic rings. The molecule has 1 atom stereocenters. The molecule has 3 heteroatoms. The Morgan fingerprint density at radius 1 is 1.44 bits per heavy atom. The standard InChI is InChI=1S/C13H22BrNS/c1-4-15(9-12(8-14)11(2)3)10-13-6-5-7-16-13/h5-7,11-12H,4,8-10H2,1-3H3. The van der Waals surface area contributed by atoms with Crippen LogP contribution >= 0.6 is 27.3 Å². The van der Waals surface area contributed by atoms with E-state index in [9.17, 15) is 0 Å². The minimum absolute atomic E-state index is 0.747. The van der Waals surface area contributed by atoms with E-state index < -0.39 is 0 Å². The first-order valence-electron chi connectivity index (χ1n) is 5.98. The van der Waals surface area contributed by atoms with Gasteiger partial charge in [-0.15, -0.1) is 11.3 Å². The largest absolute Gasteiger partial charge is 0.298 e. The van der Waals surface area contributed by atoms with Crippen LogP contribution in [0.5, 0.6) is 0 Å². The highest BCUT2D eigenvalue weighted by atomic mass is 79.9. The van der Waals surface area contributed by atoms with Gasteiger partial charge in [0.2, 0.25) is 0 Å². The lowest BCUT2D eigenvalue weighted by atomic mass is 9.97. The monoisotopic (exact) mass is 303 g/mol. The second-order valence-corrected chi connectivity index (χ2v) is 6.25. The maximum Gasteiger partial charge on any atom is 0.0327 e. The van der Waals surface area contributed by atoms with E-state index in [2.05, 4.69) is 59.1 Å². The van der Waals surface area contributed by atoms with Crippen LogP contribution in [-0.2, 0) is 6.54 Å². The Morgan fingerprint density at radius 3 is 2.62 bits per heavy atom. The average Bonchev–Trinajstić information content (AvgIpc) is 2.76. The summed E-state index contributed by atoms with van der Waals surface area (Å²) in [5.74, 6) is 1.50. The minimum Gasteiger partial charge on any atom is -0.298 e. The molecule has 1 rings (SSSR count). The molecule has 0 aliphatic carbocycles. The smallest absolute Gasteiger partial charge is 0.0327 e. The SMILES string of the molecule is CCN(Cc1cccs1)CC(CBr)C(C)C. The second-order valence-electron chi connectivity index (χ2n) is 4.57. The predicted octanol–water partition coefficient (Wildman–Crippen LogP) is 4.24. The summed E-state index contributed by atoms with van der Waals surface area (Å²) < 4.78 is 0. The van der Waals surface area contributed by atoms with Crippen LogP contribution in [0, 0.1) is 11.8 Å². The zero-order valence-corrected chi connectivity index (χ0v) is 12.9. The number of halogens is 1. The van der Waals surface area contributed by atoms with E-state index in [1.807, 2.05) is 11.3 Å². The number of alkyl halides is 1. The van der Waals surface area contributed by atoms with E-state index in [0.29, 0.717) is 0 Å². The normalized spacial score (nSPS) is 13.6. The van der Waals surface area contributed by atoms with Gasteiger partial charge in [-0.05, 0) is 29.8 Å². The number of rotatable bonds is 7. The van der Waals surface area contributed by atoms with E-state index in [4.69, 9.17) is 0 Å². The van der Waals surface area contributed by atoms with Gasteiger partial charge in [-0.1, -0.05) is 42.8 Å². The first-order valence-corrected chi connectivity index (χ1v) is 7.98. The van der Waals surface area contributed by atoms with Crippen LogP contribution < -0.4 is 0 Å². The Hall–Kier alpha value is 0.140. The number of hydrogen-bond donors (Lipinski definition) is 0. The maximum atomic E-state index is 3.63. The average molecular weight is 304 g/mol. The molecule has 0 spiro atoms. The fourth-order valence-corrected chi connectivity index (χ4v) is 3.40. The maximum absolute atomic E-state index is 3.63. The molecule has 0 saturated carbocycles. The lowest BCUT2D eigenvalue weighted by Gasteiger charge is -2.27. The summed E-state index contributed by atoms with van der Waals surface area (Å²) in [5.41, 5.74) is 0. The highest BCUT2D eigenvalue weighted by Gasteiger charge is 2.16. The summed E-state index contributed by atoms with van der Waals surface area (Å²) in [7, 11) is 0. The molecule has 0 bridgehead atoms. The Balaban J connectivity index is 2.48. The molecular formula is C13H22BrNS. The molecule has 0 radical (unpaired) electrons. The molecule has 1 aromatic rings. The van der Waals surface area contributed by atoms with Crippen molar-refractivity contribution >= 4 is 27.3 Å². The lowest BCUT2D eigenvalue weighted by molar-refractivity contribution is 0.218. The van der Waals surface area contributed by atoms with Crippen molar-refractivity contribution in [3.8, 4) is 0 Å². The molecule has 0 saturated heterocycles. The summed E-state index contributed by atoms with van der Waals surface area (Å²) in [6, 6.07) is 4.37. The molecule has 0 amide bonds. The van der Waals surface area contributed by atoms with Crippen molar-refractivity contribution in [3.05, 3.63) is 22.4 Å². The molecule has 16 heavy (non-hydrogen) atoms. The van der Waals surface area contributed by atoms with Gasteiger partial charge in [0.15, 0.2) is 0 Å². The van der Waals surface area contributed by atoms with Gasteiger partial charge >= 0.3 is 0 Å². The van der Waals surface area contributed by atoms with Gasteiger partial charge in [0.1, 0.15) is 0 Å². The number of nitrogens with zero attached hydrogens (tertiary/aromatic N) is 1. The van der Waals surface area contributed by atoms with Gasteiger partial charge in [0.25, 0.3) is 0 Å². The summed E-state index contributed by atoms with van der Waals surface area (Å²) in [6.07, 6.45) is 0. The first kappa shape index (κ1) is 14.2. The first-order chi connectivity index (χ1) is 7.67. The van der Waals surface area contributed by atoms with Gasteiger partial charge in [0.05, 0.1) is 0 Å². The van der Waals surface area contributed by atoms with Gasteiger partial charge in [0, 0.05) is 23.3 Å². The third-order valence-electron chi connectivity index (χ3n) is 3.04. The Kier molecular flexibility index (Phi) is 6.62. The molecule has 92 valence electrons. The van der Waals surface area contributed by atoms with E-state index in [0.717, 1.165) is 30.3 Å². The third kappa shape index (κ3) is 4.56. The van der Waals surface area contributed by atoms with E-state index in [1.165, 1.54) is 11.4 Å². The van der Waals surface area contributed by atoms with Crippen LogP contribution in [0.3, 0.4) is 0 Å². The summed E-state index contributed by atoms with van der Waals surface area (Å²) >= 11 is 5.48. The zero-order chi connectivity index (χ0) is 12.0. The van der Waals surface area contributed by atoms with Crippen molar-refractivity contribution in [1.29, 1.82) is 0 Å². The lowest BCUT2D eigenvalue weighted by Crippen LogP contribution is -2.31. The van der Waals surface area contributed by atoms with Crippen molar-refractivity contribution in [3.63, 3.8) is 0 Å². The summed E-state index contributed by atoms with van der Waals surface area (Å²) in [5, 5.41) is 3.26. The number of hydrogen-bond acceptors (Lipinski definition) is 2.